The van der Waals surface area contributed by atoms with E-state index in [-0.39, 0.29) is 5.91 Å². The summed E-state index contributed by atoms with van der Waals surface area (Å²) < 4.78 is 1.89. The second kappa shape index (κ2) is 4.70. The van der Waals surface area contributed by atoms with Crippen molar-refractivity contribution in [2.75, 3.05) is 5.32 Å². The van der Waals surface area contributed by atoms with E-state index in [1.807, 2.05) is 41.9 Å². The van der Waals surface area contributed by atoms with Crippen molar-refractivity contribution >= 4 is 28.3 Å². The summed E-state index contributed by atoms with van der Waals surface area (Å²) in [5.74, 6) is -0.176. The summed E-state index contributed by atoms with van der Waals surface area (Å²) in [5.41, 5.74) is 4.56. The number of amides is 1. The molecule has 6 nitrogen and oxygen atoms in total. The molecule has 0 saturated carbocycles. The number of benzene rings is 1. The summed E-state index contributed by atoms with van der Waals surface area (Å²) >= 11 is 0. The molecule has 0 atom stereocenters. The number of nitrogens with one attached hydrogen (secondary N) is 2. The Kier molecular flexibility index (Phi) is 2.69. The van der Waals surface area contributed by atoms with E-state index in [0.717, 1.165) is 22.4 Å². The van der Waals surface area contributed by atoms with Crippen molar-refractivity contribution < 1.29 is 4.79 Å². The monoisotopic (exact) mass is 291 g/mol. The number of carbonyl (C=O) groups is 1. The highest BCUT2D eigenvalue weighted by atomic mass is 16.1. The number of pyridine rings is 1. The zero-order valence-corrected chi connectivity index (χ0v) is 11.9. The zero-order valence-electron chi connectivity index (χ0n) is 11.9. The fraction of sp³-hybridized carbons (Fsp3) is 0.0625. The standard InChI is InChI=1S/C16H13N5O/c1-10-8-21-6-2-3-13(15(21)19-10)20-16(22)11-4-5-12-14(7-11)18-9-17-12/h2-9H,1H3,(H,17,18)(H,20,22). The largest absolute Gasteiger partial charge is 0.345 e. The molecule has 0 aliphatic rings. The van der Waals surface area contributed by atoms with Crippen LogP contribution in [-0.2, 0) is 0 Å². The van der Waals surface area contributed by atoms with Crippen molar-refractivity contribution in [1.82, 2.24) is 19.4 Å². The highest BCUT2D eigenvalue weighted by Gasteiger charge is 2.11. The Hall–Kier alpha value is -3.15. The Morgan fingerprint density at radius 3 is 3.14 bits per heavy atom. The minimum absolute atomic E-state index is 0.176. The van der Waals surface area contributed by atoms with Crippen molar-refractivity contribution in [2.45, 2.75) is 6.92 Å². The van der Waals surface area contributed by atoms with Crippen LogP contribution < -0.4 is 5.32 Å². The van der Waals surface area contributed by atoms with Gasteiger partial charge in [0.05, 0.1) is 28.7 Å². The fourth-order valence-electron chi connectivity index (χ4n) is 2.50. The quantitative estimate of drug-likeness (QED) is 0.596. The van der Waals surface area contributed by atoms with Crippen LogP contribution in [0.4, 0.5) is 5.69 Å². The van der Waals surface area contributed by atoms with E-state index in [0.29, 0.717) is 11.3 Å². The maximum atomic E-state index is 12.4. The van der Waals surface area contributed by atoms with Crippen LogP contribution in [0.5, 0.6) is 0 Å². The third-order valence-corrected chi connectivity index (χ3v) is 3.53. The molecule has 0 aliphatic heterocycles. The number of imidazole rings is 2. The third-order valence-electron chi connectivity index (χ3n) is 3.53. The first-order chi connectivity index (χ1) is 10.7. The zero-order chi connectivity index (χ0) is 15.1. The van der Waals surface area contributed by atoms with E-state index in [4.69, 9.17) is 0 Å². The number of carbonyl (C=O) groups excluding carboxylic acids is 1. The van der Waals surface area contributed by atoms with Crippen molar-refractivity contribution in [3.8, 4) is 0 Å². The van der Waals surface area contributed by atoms with Crippen molar-refractivity contribution in [3.63, 3.8) is 0 Å². The molecule has 0 saturated heterocycles. The van der Waals surface area contributed by atoms with Gasteiger partial charge >= 0.3 is 0 Å². The lowest BCUT2D eigenvalue weighted by Gasteiger charge is -2.06. The SMILES string of the molecule is Cc1cn2cccc(NC(=O)c3ccc4nc[nH]c4c3)c2n1. The lowest BCUT2D eigenvalue weighted by atomic mass is 10.2. The minimum Gasteiger partial charge on any atom is -0.345 e. The van der Waals surface area contributed by atoms with Crippen LogP contribution >= 0.6 is 0 Å². The molecular weight excluding hydrogens is 278 g/mol. The number of H-pyrrole nitrogens is 1. The molecule has 4 rings (SSSR count). The van der Waals surface area contributed by atoms with Crippen LogP contribution in [0.1, 0.15) is 16.1 Å². The number of rotatable bonds is 2. The number of aromatic nitrogens is 4. The first-order valence-corrected chi connectivity index (χ1v) is 6.89. The number of nitrogens with zero attached hydrogens (tertiary/aromatic N) is 3. The van der Waals surface area contributed by atoms with Gasteiger partial charge in [-0.1, -0.05) is 0 Å². The number of anilines is 1. The van der Waals surface area contributed by atoms with Gasteiger partial charge in [-0.25, -0.2) is 9.97 Å². The van der Waals surface area contributed by atoms with E-state index in [1.54, 1.807) is 18.5 Å². The topological polar surface area (TPSA) is 75.1 Å². The van der Waals surface area contributed by atoms with Crippen LogP contribution in [0.2, 0.25) is 0 Å². The third kappa shape index (κ3) is 2.01. The molecule has 22 heavy (non-hydrogen) atoms. The highest BCUT2D eigenvalue weighted by molar-refractivity contribution is 6.07. The molecule has 1 aromatic carbocycles. The van der Waals surface area contributed by atoms with Gasteiger partial charge in [-0.3, -0.25) is 4.79 Å². The van der Waals surface area contributed by atoms with Crippen molar-refractivity contribution in [2.24, 2.45) is 0 Å². The average Bonchev–Trinajstić information content (AvgIpc) is 3.12. The van der Waals surface area contributed by atoms with E-state index >= 15 is 0 Å². The summed E-state index contributed by atoms with van der Waals surface area (Å²) in [6.45, 7) is 1.92. The van der Waals surface area contributed by atoms with Gasteiger partial charge in [-0.2, -0.15) is 0 Å². The summed E-state index contributed by atoms with van der Waals surface area (Å²) in [6, 6.07) is 9.08. The van der Waals surface area contributed by atoms with E-state index in [1.165, 1.54) is 0 Å². The number of aryl methyl sites for hydroxylation is 1. The first-order valence-electron chi connectivity index (χ1n) is 6.89. The van der Waals surface area contributed by atoms with E-state index in [2.05, 4.69) is 20.3 Å². The second-order valence-electron chi connectivity index (χ2n) is 5.12. The predicted molar refractivity (Wildman–Crippen MR) is 84.0 cm³/mol. The second-order valence-corrected chi connectivity index (χ2v) is 5.12. The Bertz CT molecular complexity index is 998. The Labute approximate surface area is 125 Å². The predicted octanol–water partition coefficient (Wildman–Crippen LogP) is 2.77. The van der Waals surface area contributed by atoms with Gasteiger partial charge in [-0.15, -0.1) is 0 Å². The van der Waals surface area contributed by atoms with Gasteiger partial charge in [0.2, 0.25) is 0 Å². The summed E-state index contributed by atoms with van der Waals surface area (Å²) in [6.07, 6.45) is 5.43. The first kappa shape index (κ1) is 12.6. The molecule has 2 N–H and O–H groups in total. The van der Waals surface area contributed by atoms with Gasteiger partial charge < -0.3 is 14.7 Å². The maximum Gasteiger partial charge on any atom is 0.255 e. The molecule has 3 aromatic heterocycles. The molecule has 3 heterocycles. The smallest absolute Gasteiger partial charge is 0.255 e. The van der Waals surface area contributed by atoms with Crippen LogP contribution in [0, 0.1) is 6.92 Å². The molecule has 0 spiro atoms. The van der Waals surface area contributed by atoms with Gasteiger partial charge in [0.1, 0.15) is 0 Å². The Balaban J connectivity index is 1.70. The molecule has 0 bridgehead atoms. The minimum atomic E-state index is -0.176. The van der Waals surface area contributed by atoms with Gasteiger partial charge in [-0.05, 0) is 37.3 Å². The van der Waals surface area contributed by atoms with E-state index < -0.39 is 0 Å². The summed E-state index contributed by atoms with van der Waals surface area (Å²) in [5, 5.41) is 2.91. The van der Waals surface area contributed by atoms with Crippen LogP contribution in [0.15, 0.2) is 49.1 Å². The van der Waals surface area contributed by atoms with Crippen LogP contribution in [-0.4, -0.2) is 25.3 Å². The lowest BCUT2D eigenvalue weighted by Crippen LogP contribution is -2.12. The molecule has 0 radical (unpaired) electrons. The fourth-order valence-corrected chi connectivity index (χ4v) is 2.50. The molecule has 0 aliphatic carbocycles. The van der Waals surface area contributed by atoms with Crippen molar-refractivity contribution in [3.05, 3.63) is 60.3 Å². The van der Waals surface area contributed by atoms with Crippen molar-refractivity contribution in [1.29, 1.82) is 0 Å². The maximum absolute atomic E-state index is 12.4. The summed E-state index contributed by atoms with van der Waals surface area (Å²) in [7, 11) is 0. The van der Waals surface area contributed by atoms with Gasteiger partial charge in [0.15, 0.2) is 5.65 Å². The highest BCUT2D eigenvalue weighted by Crippen LogP contribution is 2.18. The Morgan fingerprint density at radius 1 is 1.32 bits per heavy atom. The number of fused-ring (bicyclic) bond motifs is 2. The molecule has 108 valence electrons. The molecule has 4 aromatic rings. The van der Waals surface area contributed by atoms with Crippen LogP contribution in [0.3, 0.4) is 0 Å². The number of aromatic amines is 1. The molecular formula is C16H13N5O. The normalized spacial score (nSPS) is 11.1. The van der Waals surface area contributed by atoms with Crippen LogP contribution in [0.25, 0.3) is 16.7 Å². The molecule has 0 fully saturated rings. The molecule has 6 heteroatoms. The molecule has 1 amide bonds. The average molecular weight is 291 g/mol. The molecule has 0 unspecified atom stereocenters. The van der Waals surface area contributed by atoms with Gasteiger partial charge in [0.25, 0.3) is 5.91 Å². The lowest BCUT2D eigenvalue weighted by molar-refractivity contribution is 0.102. The number of hydrogen-bond acceptors (Lipinski definition) is 3. The van der Waals surface area contributed by atoms with Gasteiger partial charge in [0, 0.05) is 18.0 Å². The van der Waals surface area contributed by atoms with E-state index in [9.17, 15) is 4.79 Å². The number of hydrogen-bond donors (Lipinski definition) is 2. The summed E-state index contributed by atoms with van der Waals surface area (Å²) in [4.78, 5) is 24.0. The Morgan fingerprint density at radius 2 is 2.23 bits per heavy atom.